The monoisotopic (exact) mass is 226 g/mol. The van der Waals surface area contributed by atoms with Gasteiger partial charge in [0, 0.05) is 5.41 Å². The number of likely N-dealkylation sites (tertiary alicyclic amines) is 1. The number of methoxy groups -OCH3 is 1. The van der Waals surface area contributed by atoms with Crippen molar-refractivity contribution in [3.8, 4) is 0 Å². The molecule has 1 N–H and O–H groups in total. The molecule has 1 heterocycles. The van der Waals surface area contributed by atoms with Gasteiger partial charge in [-0.15, -0.1) is 0 Å². The van der Waals surface area contributed by atoms with Gasteiger partial charge in [0.2, 0.25) is 0 Å². The minimum absolute atomic E-state index is 0.0569. The maximum atomic E-state index is 11.1. The first-order valence-corrected chi connectivity index (χ1v) is 6.64. The predicted octanol–water partition coefficient (Wildman–Crippen LogP) is 0.789. The molecule has 2 aliphatic rings. The molecule has 0 bridgehead atoms. The van der Waals surface area contributed by atoms with Crippen molar-refractivity contribution in [1.82, 2.24) is 0 Å². The van der Waals surface area contributed by atoms with Gasteiger partial charge < -0.3 is 9.64 Å². The third-order valence-corrected chi connectivity index (χ3v) is 4.44. The summed E-state index contributed by atoms with van der Waals surface area (Å²) in [4.78, 5) is 12.8. The molecule has 1 spiro atoms. The molecule has 1 aliphatic heterocycles. The van der Waals surface area contributed by atoms with Crippen molar-refractivity contribution in [3.05, 3.63) is 0 Å². The normalized spacial score (nSPS) is 28.2. The van der Waals surface area contributed by atoms with Crippen LogP contribution in [0.1, 0.15) is 44.9 Å². The Bertz CT molecular complexity index is 246. The smallest absolute Gasteiger partial charge is 0.311 e. The second-order valence-corrected chi connectivity index (χ2v) is 5.56. The quantitative estimate of drug-likeness (QED) is 0.721. The lowest BCUT2D eigenvalue weighted by atomic mass is 9.78. The second kappa shape index (κ2) is 5.17. The summed E-state index contributed by atoms with van der Waals surface area (Å²) in [5.74, 6) is -0.0569. The Kier molecular flexibility index (Phi) is 3.85. The Morgan fingerprint density at radius 2 is 1.94 bits per heavy atom. The molecular weight excluding hydrogens is 202 g/mol. The van der Waals surface area contributed by atoms with Crippen LogP contribution in [-0.4, -0.2) is 32.7 Å². The lowest BCUT2D eigenvalue weighted by Crippen LogP contribution is -3.14. The molecule has 1 saturated carbocycles. The van der Waals surface area contributed by atoms with Crippen molar-refractivity contribution in [2.24, 2.45) is 5.41 Å². The molecular formula is C13H24NO2+. The van der Waals surface area contributed by atoms with E-state index in [9.17, 15) is 4.79 Å². The number of carbonyl (C=O) groups is 1. The van der Waals surface area contributed by atoms with Crippen LogP contribution in [0.15, 0.2) is 0 Å². The van der Waals surface area contributed by atoms with E-state index in [2.05, 4.69) is 0 Å². The van der Waals surface area contributed by atoms with Crippen molar-refractivity contribution < 1.29 is 14.4 Å². The lowest BCUT2D eigenvalue weighted by molar-refractivity contribution is -0.912. The zero-order valence-corrected chi connectivity index (χ0v) is 10.4. The highest BCUT2D eigenvalue weighted by Gasteiger charge is 2.40. The topological polar surface area (TPSA) is 30.7 Å². The van der Waals surface area contributed by atoms with E-state index in [1.54, 1.807) is 4.90 Å². The highest BCUT2D eigenvalue weighted by atomic mass is 16.5. The van der Waals surface area contributed by atoms with Crippen molar-refractivity contribution >= 4 is 5.97 Å². The fourth-order valence-electron chi connectivity index (χ4n) is 3.57. The maximum absolute atomic E-state index is 11.1. The zero-order valence-electron chi connectivity index (χ0n) is 10.4. The van der Waals surface area contributed by atoms with Gasteiger partial charge in [-0.25, -0.2) is 0 Å². The fraction of sp³-hybridized carbons (Fsp3) is 0.923. The third-order valence-electron chi connectivity index (χ3n) is 4.44. The van der Waals surface area contributed by atoms with Gasteiger partial charge in [0.05, 0.1) is 33.2 Å². The first-order chi connectivity index (χ1) is 7.74. The van der Waals surface area contributed by atoms with Gasteiger partial charge in [-0.3, -0.25) is 4.79 Å². The van der Waals surface area contributed by atoms with Crippen LogP contribution >= 0.6 is 0 Å². The molecule has 2 rings (SSSR count). The minimum atomic E-state index is -0.0569. The van der Waals surface area contributed by atoms with E-state index in [1.807, 2.05) is 0 Å². The van der Waals surface area contributed by atoms with Gasteiger partial charge >= 0.3 is 5.97 Å². The molecule has 0 radical (unpaired) electrons. The van der Waals surface area contributed by atoms with E-state index in [1.165, 1.54) is 58.7 Å². The predicted molar refractivity (Wildman–Crippen MR) is 62.3 cm³/mol. The Balaban J connectivity index is 1.80. The molecule has 0 aromatic heterocycles. The molecule has 0 amide bonds. The molecule has 3 nitrogen and oxygen atoms in total. The third kappa shape index (κ3) is 2.76. The minimum Gasteiger partial charge on any atom is -0.469 e. The van der Waals surface area contributed by atoms with Gasteiger partial charge in [-0.1, -0.05) is 12.8 Å². The lowest BCUT2D eigenvalue weighted by Gasteiger charge is -2.37. The van der Waals surface area contributed by atoms with Crippen LogP contribution in [0.5, 0.6) is 0 Å². The molecule has 1 unspecified atom stereocenters. The number of carbonyl (C=O) groups excluding carboxylic acids is 1. The molecule has 92 valence electrons. The summed E-state index contributed by atoms with van der Waals surface area (Å²) in [6.07, 6.45) is 9.05. The van der Waals surface area contributed by atoms with Crippen molar-refractivity contribution in [2.75, 3.05) is 26.7 Å². The van der Waals surface area contributed by atoms with E-state index in [4.69, 9.17) is 4.74 Å². The van der Waals surface area contributed by atoms with Crippen molar-refractivity contribution in [2.45, 2.75) is 44.9 Å². The Morgan fingerprint density at radius 1 is 1.25 bits per heavy atom. The highest BCUT2D eigenvalue weighted by Crippen LogP contribution is 2.41. The van der Waals surface area contributed by atoms with E-state index < -0.39 is 0 Å². The first kappa shape index (κ1) is 11.9. The molecule has 0 aromatic rings. The van der Waals surface area contributed by atoms with E-state index in [0.717, 1.165) is 6.54 Å². The average molecular weight is 226 g/mol. The molecule has 16 heavy (non-hydrogen) atoms. The molecule has 3 heteroatoms. The van der Waals surface area contributed by atoms with Crippen LogP contribution in [0.3, 0.4) is 0 Å². The summed E-state index contributed by atoms with van der Waals surface area (Å²) < 4.78 is 4.71. The van der Waals surface area contributed by atoms with Crippen LogP contribution in [-0.2, 0) is 9.53 Å². The van der Waals surface area contributed by atoms with Crippen LogP contribution in [0, 0.1) is 5.41 Å². The van der Waals surface area contributed by atoms with Crippen molar-refractivity contribution in [3.63, 3.8) is 0 Å². The van der Waals surface area contributed by atoms with Crippen LogP contribution in [0.2, 0.25) is 0 Å². The molecule has 1 aliphatic carbocycles. The number of hydrogen-bond donors (Lipinski definition) is 1. The number of esters is 1. The first-order valence-electron chi connectivity index (χ1n) is 6.64. The summed E-state index contributed by atoms with van der Waals surface area (Å²) in [7, 11) is 1.48. The summed E-state index contributed by atoms with van der Waals surface area (Å²) in [6.45, 7) is 3.51. The standard InChI is InChI=1S/C13H23NO2/c1-16-12(15)5-10-14-9-4-8-13(11-14)6-2-3-7-13/h2-11H2,1H3/p+1. The Morgan fingerprint density at radius 3 is 2.62 bits per heavy atom. The number of rotatable bonds is 3. The number of nitrogens with one attached hydrogen (secondary N) is 1. The molecule has 0 aromatic carbocycles. The van der Waals surface area contributed by atoms with E-state index in [-0.39, 0.29) is 5.97 Å². The van der Waals surface area contributed by atoms with Crippen molar-refractivity contribution in [1.29, 1.82) is 0 Å². The molecule has 1 saturated heterocycles. The Hall–Kier alpha value is -0.570. The van der Waals surface area contributed by atoms with Crippen LogP contribution in [0.4, 0.5) is 0 Å². The van der Waals surface area contributed by atoms with Crippen LogP contribution in [0.25, 0.3) is 0 Å². The van der Waals surface area contributed by atoms with Gasteiger partial charge in [0.25, 0.3) is 0 Å². The molecule has 2 fully saturated rings. The number of quaternary nitrogens is 1. The summed E-state index contributed by atoms with van der Waals surface area (Å²) in [5, 5.41) is 0. The average Bonchev–Trinajstić information content (AvgIpc) is 2.74. The number of ether oxygens (including phenoxy) is 1. The SMILES string of the molecule is COC(=O)CC[NH+]1CCCC2(CCCC2)C1. The number of hydrogen-bond acceptors (Lipinski definition) is 2. The van der Waals surface area contributed by atoms with Gasteiger partial charge in [0.1, 0.15) is 0 Å². The Labute approximate surface area is 98.1 Å². The summed E-state index contributed by atoms with van der Waals surface area (Å²) in [6, 6.07) is 0. The van der Waals surface area contributed by atoms with Gasteiger partial charge in [-0.05, 0) is 25.7 Å². The highest BCUT2D eigenvalue weighted by molar-refractivity contribution is 5.69. The summed E-state index contributed by atoms with van der Waals surface area (Å²) >= 11 is 0. The second-order valence-electron chi connectivity index (χ2n) is 5.56. The maximum Gasteiger partial charge on any atom is 0.311 e. The summed E-state index contributed by atoms with van der Waals surface area (Å²) in [5.41, 5.74) is 0.643. The largest absolute Gasteiger partial charge is 0.469 e. The zero-order chi connectivity index (χ0) is 11.4. The van der Waals surface area contributed by atoms with E-state index >= 15 is 0 Å². The van der Waals surface area contributed by atoms with Gasteiger partial charge in [-0.2, -0.15) is 0 Å². The van der Waals surface area contributed by atoms with E-state index in [0.29, 0.717) is 11.8 Å². The fourth-order valence-corrected chi connectivity index (χ4v) is 3.57. The van der Waals surface area contributed by atoms with Gasteiger partial charge in [0.15, 0.2) is 0 Å². The molecule has 1 atom stereocenters. The number of piperidine rings is 1. The van der Waals surface area contributed by atoms with Crippen LogP contribution < -0.4 is 4.90 Å².